The fraction of sp³-hybridized carbons (Fsp3) is 0.467. The molecule has 21 heavy (non-hydrogen) atoms. The highest BCUT2D eigenvalue weighted by atomic mass is 16.5. The van der Waals surface area contributed by atoms with Gasteiger partial charge in [-0.3, -0.25) is 0 Å². The molecular formula is C15H22N2O4. The molecule has 0 spiro atoms. The van der Waals surface area contributed by atoms with Crippen molar-refractivity contribution >= 4 is 12.0 Å². The number of ether oxygens (including phenoxy) is 1. The number of rotatable bonds is 8. The molecule has 2 atom stereocenters. The van der Waals surface area contributed by atoms with Gasteiger partial charge < -0.3 is 20.5 Å². The Kier molecular flexibility index (Phi) is 7.25. The Bertz CT molecular complexity index is 450. The molecule has 1 aromatic rings. The van der Waals surface area contributed by atoms with Crippen molar-refractivity contribution in [2.75, 3.05) is 13.2 Å². The summed E-state index contributed by atoms with van der Waals surface area (Å²) in [6.07, 6.45) is 0.240. The van der Waals surface area contributed by atoms with Gasteiger partial charge in [-0.25, -0.2) is 9.59 Å². The van der Waals surface area contributed by atoms with E-state index in [2.05, 4.69) is 10.6 Å². The van der Waals surface area contributed by atoms with Crippen molar-refractivity contribution in [2.24, 2.45) is 0 Å². The monoisotopic (exact) mass is 294 g/mol. The fourth-order valence-corrected chi connectivity index (χ4v) is 1.81. The van der Waals surface area contributed by atoms with Crippen LogP contribution in [0.15, 0.2) is 30.3 Å². The third kappa shape index (κ3) is 6.76. The highest BCUT2D eigenvalue weighted by molar-refractivity contribution is 5.82. The zero-order valence-electron chi connectivity index (χ0n) is 12.3. The summed E-state index contributed by atoms with van der Waals surface area (Å²) in [5.74, 6) is -1.06. The molecule has 6 nitrogen and oxygen atoms in total. The number of hydrogen-bond donors (Lipinski definition) is 3. The highest BCUT2D eigenvalue weighted by Gasteiger charge is 2.20. The first kappa shape index (κ1) is 17.0. The van der Waals surface area contributed by atoms with E-state index < -0.39 is 18.0 Å². The second-order valence-electron chi connectivity index (χ2n) is 4.76. The molecular weight excluding hydrogens is 272 g/mol. The lowest BCUT2D eigenvalue weighted by atomic mass is 10.1. The van der Waals surface area contributed by atoms with Crippen LogP contribution in [-0.2, 0) is 16.0 Å². The van der Waals surface area contributed by atoms with Gasteiger partial charge in [0.15, 0.2) is 0 Å². The maximum absolute atomic E-state index is 11.8. The Morgan fingerprint density at radius 2 is 1.90 bits per heavy atom. The molecule has 3 N–H and O–H groups in total. The molecule has 1 unspecified atom stereocenters. The summed E-state index contributed by atoms with van der Waals surface area (Å²) in [5.41, 5.74) is 0.854. The normalized spacial score (nSPS) is 13.2. The summed E-state index contributed by atoms with van der Waals surface area (Å²) >= 11 is 0. The minimum Gasteiger partial charge on any atom is -0.480 e. The van der Waals surface area contributed by atoms with Gasteiger partial charge in [0, 0.05) is 13.0 Å². The van der Waals surface area contributed by atoms with Crippen LogP contribution in [0.3, 0.4) is 0 Å². The lowest BCUT2D eigenvalue weighted by molar-refractivity contribution is -0.139. The average molecular weight is 294 g/mol. The van der Waals surface area contributed by atoms with Gasteiger partial charge >= 0.3 is 12.0 Å². The zero-order chi connectivity index (χ0) is 15.7. The molecule has 0 radical (unpaired) electrons. The summed E-state index contributed by atoms with van der Waals surface area (Å²) in [4.78, 5) is 23.0. The van der Waals surface area contributed by atoms with Crippen molar-refractivity contribution in [3.8, 4) is 0 Å². The molecule has 1 aromatic carbocycles. The summed E-state index contributed by atoms with van der Waals surface area (Å²) in [6, 6.07) is 7.51. The van der Waals surface area contributed by atoms with E-state index in [0.29, 0.717) is 13.2 Å². The number of benzene rings is 1. The van der Waals surface area contributed by atoms with Crippen LogP contribution in [0.4, 0.5) is 4.79 Å². The number of urea groups is 1. The first-order valence-corrected chi connectivity index (χ1v) is 6.94. The Morgan fingerprint density at radius 3 is 2.48 bits per heavy atom. The van der Waals surface area contributed by atoms with Crippen molar-refractivity contribution < 1.29 is 19.4 Å². The topological polar surface area (TPSA) is 87.7 Å². The minimum atomic E-state index is -1.06. The number of carbonyl (C=O) groups excluding carboxylic acids is 1. The minimum absolute atomic E-state index is 0.184. The van der Waals surface area contributed by atoms with Gasteiger partial charge in [-0.15, -0.1) is 0 Å². The van der Waals surface area contributed by atoms with Crippen LogP contribution < -0.4 is 10.6 Å². The van der Waals surface area contributed by atoms with Crippen molar-refractivity contribution in [1.82, 2.24) is 10.6 Å². The maximum atomic E-state index is 11.8. The van der Waals surface area contributed by atoms with Crippen LogP contribution in [0, 0.1) is 0 Å². The Balaban J connectivity index is 2.50. The van der Waals surface area contributed by atoms with Gasteiger partial charge in [0.05, 0.1) is 12.6 Å². The molecule has 0 aliphatic heterocycles. The molecule has 1 rings (SSSR count). The molecule has 0 aromatic heterocycles. The van der Waals surface area contributed by atoms with Crippen LogP contribution in [0.2, 0.25) is 0 Å². The smallest absolute Gasteiger partial charge is 0.326 e. The zero-order valence-corrected chi connectivity index (χ0v) is 12.3. The molecule has 0 aliphatic carbocycles. The van der Waals surface area contributed by atoms with Crippen molar-refractivity contribution in [3.63, 3.8) is 0 Å². The van der Waals surface area contributed by atoms with Gasteiger partial charge in [-0.1, -0.05) is 30.3 Å². The predicted octanol–water partition coefficient (Wildman–Crippen LogP) is 1.41. The number of carboxylic acids is 1. The molecule has 0 saturated heterocycles. The van der Waals surface area contributed by atoms with Gasteiger partial charge in [-0.05, 0) is 19.4 Å². The SMILES string of the molecule is CCOCC(C)NC(=O)N[C@@H](Cc1ccccc1)C(=O)O. The van der Waals surface area contributed by atoms with E-state index in [4.69, 9.17) is 4.74 Å². The number of hydrogen-bond acceptors (Lipinski definition) is 3. The third-order valence-corrected chi connectivity index (χ3v) is 2.84. The summed E-state index contributed by atoms with van der Waals surface area (Å²) < 4.78 is 5.19. The quantitative estimate of drug-likeness (QED) is 0.676. The Hall–Kier alpha value is -2.08. The summed E-state index contributed by atoms with van der Waals surface area (Å²) in [5, 5.41) is 14.3. The summed E-state index contributed by atoms with van der Waals surface area (Å²) in [6.45, 7) is 4.62. The fourth-order valence-electron chi connectivity index (χ4n) is 1.81. The highest BCUT2D eigenvalue weighted by Crippen LogP contribution is 2.03. The van der Waals surface area contributed by atoms with Crippen LogP contribution in [-0.4, -0.2) is 42.4 Å². The number of aliphatic carboxylic acids is 1. The van der Waals surface area contributed by atoms with Crippen molar-refractivity contribution in [1.29, 1.82) is 0 Å². The van der Waals surface area contributed by atoms with Crippen molar-refractivity contribution in [2.45, 2.75) is 32.4 Å². The van der Waals surface area contributed by atoms with Crippen LogP contribution in [0.5, 0.6) is 0 Å². The number of carboxylic acid groups (broad SMARTS) is 1. The van der Waals surface area contributed by atoms with Gasteiger partial charge in [0.25, 0.3) is 0 Å². The molecule has 0 saturated carbocycles. The van der Waals surface area contributed by atoms with Crippen LogP contribution >= 0.6 is 0 Å². The summed E-state index contributed by atoms with van der Waals surface area (Å²) in [7, 11) is 0. The average Bonchev–Trinajstić information content (AvgIpc) is 2.45. The predicted molar refractivity (Wildman–Crippen MR) is 79.2 cm³/mol. The van der Waals surface area contributed by atoms with Gasteiger partial charge in [0.1, 0.15) is 6.04 Å². The van der Waals surface area contributed by atoms with E-state index in [9.17, 15) is 14.7 Å². The van der Waals surface area contributed by atoms with E-state index in [1.807, 2.05) is 37.3 Å². The lowest BCUT2D eigenvalue weighted by Gasteiger charge is -2.18. The molecule has 0 fully saturated rings. The lowest BCUT2D eigenvalue weighted by Crippen LogP contribution is -2.50. The third-order valence-electron chi connectivity index (χ3n) is 2.84. The van der Waals surface area contributed by atoms with E-state index in [1.165, 1.54) is 0 Å². The number of nitrogens with one attached hydrogen (secondary N) is 2. The molecule has 0 bridgehead atoms. The number of amides is 2. The molecule has 6 heteroatoms. The second kappa shape index (κ2) is 8.97. The molecule has 0 heterocycles. The maximum Gasteiger partial charge on any atom is 0.326 e. The van der Waals surface area contributed by atoms with E-state index in [0.717, 1.165) is 5.56 Å². The first-order valence-electron chi connectivity index (χ1n) is 6.94. The van der Waals surface area contributed by atoms with Crippen LogP contribution in [0.1, 0.15) is 19.4 Å². The molecule has 116 valence electrons. The Morgan fingerprint density at radius 1 is 1.24 bits per heavy atom. The Labute approximate surface area is 124 Å². The first-order chi connectivity index (χ1) is 10.0. The molecule has 0 aliphatic rings. The van der Waals surface area contributed by atoms with E-state index in [1.54, 1.807) is 6.92 Å². The molecule has 2 amide bonds. The van der Waals surface area contributed by atoms with Crippen molar-refractivity contribution in [3.05, 3.63) is 35.9 Å². The number of carbonyl (C=O) groups is 2. The standard InChI is InChI=1S/C15H22N2O4/c1-3-21-10-11(2)16-15(20)17-13(14(18)19)9-12-7-5-4-6-8-12/h4-8,11,13H,3,9-10H2,1-2H3,(H,18,19)(H2,16,17,20)/t11?,13-/m0/s1. The van der Waals surface area contributed by atoms with Crippen LogP contribution in [0.25, 0.3) is 0 Å². The van der Waals surface area contributed by atoms with E-state index in [-0.39, 0.29) is 12.5 Å². The van der Waals surface area contributed by atoms with Gasteiger partial charge in [-0.2, -0.15) is 0 Å². The van der Waals surface area contributed by atoms with E-state index >= 15 is 0 Å². The largest absolute Gasteiger partial charge is 0.480 e. The van der Waals surface area contributed by atoms with Gasteiger partial charge in [0.2, 0.25) is 0 Å². The second-order valence-corrected chi connectivity index (χ2v) is 4.76.